The molecule has 4 rings (SSSR count). The standard InChI is InChI=1S/C21H18FNO/c22-20-11-4-2-7-16(20)14-23(17-12-13-17)21(24)19-10-5-8-15-6-1-3-9-18(15)19/h1-11,17H,12-14H2. The van der Waals surface area contributed by atoms with E-state index in [1.165, 1.54) is 6.07 Å². The number of halogens is 1. The Morgan fingerprint density at radius 2 is 1.67 bits per heavy atom. The summed E-state index contributed by atoms with van der Waals surface area (Å²) in [5.74, 6) is -0.272. The molecule has 0 aromatic heterocycles. The third-order valence-corrected chi connectivity index (χ3v) is 4.57. The van der Waals surface area contributed by atoms with E-state index in [2.05, 4.69) is 0 Å². The normalized spacial score (nSPS) is 13.9. The van der Waals surface area contributed by atoms with Gasteiger partial charge >= 0.3 is 0 Å². The van der Waals surface area contributed by atoms with Crippen molar-refractivity contribution in [3.05, 3.63) is 83.7 Å². The van der Waals surface area contributed by atoms with Crippen LogP contribution >= 0.6 is 0 Å². The molecule has 0 bridgehead atoms. The highest BCUT2D eigenvalue weighted by atomic mass is 19.1. The van der Waals surface area contributed by atoms with E-state index < -0.39 is 0 Å². The van der Waals surface area contributed by atoms with E-state index in [0.29, 0.717) is 17.7 Å². The Kier molecular flexibility index (Phi) is 3.77. The Bertz CT molecular complexity index is 896. The van der Waals surface area contributed by atoms with E-state index in [9.17, 15) is 9.18 Å². The van der Waals surface area contributed by atoms with Gasteiger partial charge < -0.3 is 4.90 Å². The molecule has 0 radical (unpaired) electrons. The number of benzene rings is 3. The van der Waals surface area contributed by atoms with Crippen LogP contribution in [0.3, 0.4) is 0 Å². The first-order valence-electron chi connectivity index (χ1n) is 8.26. The molecule has 3 heteroatoms. The van der Waals surface area contributed by atoms with Crippen LogP contribution in [0.5, 0.6) is 0 Å². The first kappa shape index (κ1) is 14.9. The van der Waals surface area contributed by atoms with Crippen molar-refractivity contribution in [2.45, 2.75) is 25.4 Å². The van der Waals surface area contributed by atoms with Gasteiger partial charge in [0.1, 0.15) is 5.82 Å². The van der Waals surface area contributed by atoms with Crippen molar-refractivity contribution in [1.29, 1.82) is 0 Å². The zero-order valence-electron chi connectivity index (χ0n) is 13.3. The fourth-order valence-corrected chi connectivity index (χ4v) is 3.13. The average molecular weight is 319 g/mol. The molecule has 0 saturated heterocycles. The summed E-state index contributed by atoms with van der Waals surface area (Å²) in [4.78, 5) is 15.0. The molecule has 0 atom stereocenters. The molecule has 3 aromatic carbocycles. The minimum Gasteiger partial charge on any atom is -0.331 e. The Hall–Kier alpha value is -2.68. The van der Waals surface area contributed by atoms with Gasteiger partial charge in [0.2, 0.25) is 0 Å². The molecule has 0 unspecified atom stereocenters. The summed E-state index contributed by atoms with van der Waals surface area (Å²) in [6.45, 7) is 0.319. The van der Waals surface area contributed by atoms with Crippen LogP contribution in [0.2, 0.25) is 0 Å². The van der Waals surface area contributed by atoms with E-state index in [0.717, 1.165) is 23.6 Å². The zero-order chi connectivity index (χ0) is 16.5. The van der Waals surface area contributed by atoms with Crippen molar-refractivity contribution in [3.63, 3.8) is 0 Å². The Labute approximate surface area is 140 Å². The van der Waals surface area contributed by atoms with Crippen LogP contribution in [0.1, 0.15) is 28.8 Å². The number of hydrogen-bond donors (Lipinski definition) is 0. The highest BCUT2D eigenvalue weighted by Gasteiger charge is 2.34. The topological polar surface area (TPSA) is 20.3 Å². The smallest absolute Gasteiger partial charge is 0.255 e. The molecule has 120 valence electrons. The minimum absolute atomic E-state index is 0.0162. The van der Waals surface area contributed by atoms with Gasteiger partial charge in [0.15, 0.2) is 0 Å². The molecular weight excluding hydrogens is 301 g/mol. The summed E-state index contributed by atoms with van der Waals surface area (Å²) in [7, 11) is 0. The Balaban J connectivity index is 1.71. The fraction of sp³-hybridized carbons (Fsp3) is 0.190. The van der Waals surface area contributed by atoms with Crippen molar-refractivity contribution < 1.29 is 9.18 Å². The van der Waals surface area contributed by atoms with E-state index >= 15 is 0 Å². The summed E-state index contributed by atoms with van der Waals surface area (Å²) in [5.41, 5.74) is 1.26. The molecule has 3 aromatic rings. The van der Waals surface area contributed by atoms with Crippen LogP contribution in [0.25, 0.3) is 10.8 Å². The molecular formula is C21H18FNO. The summed E-state index contributed by atoms with van der Waals surface area (Å²) in [6.07, 6.45) is 1.98. The first-order valence-corrected chi connectivity index (χ1v) is 8.26. The van der Waals surface area contributed by atoms with Gasteiger partial charge in [-0.3, -0.25) is 4.79 Å². The second-order valence-electron chi connectivity index (χ2n) is 6.28. The summed E-state index contributed by atoms with van der Waals surface area (Å²) >= 11 is 0. The Morgan fingerprint density at radius 3 is 2.46 bits per heavy atom. The maximum absolute atomic E-state index is 14.0. The highest BCUT2D eigenvalue weighted by Crippen LogP contribution is 2.31. The highest BCUT2D eigenvalue weighted by molar-refractivity contribution is 6.07. The van der Waals surface area contributed by atoms with Gasteiger partial charge in [-0.05, 0) is 35.7 Å². The minimum atomic E-state index is -0.256. The lowest BCUT2D eigenvalue weighted by molar-refractivity contribution is 0.0730. The molecule has 0 spiro atoms. The number of hydrogen-bond acceptors (Lipinski definition) is 1. The molecule has 1 aliphatic carbocycles. The van der Waals surface area contributed by atoms with Gasteiger partial charge in [-0.1, -0.05) is 54.6 Å². The number of nitrogens with zero attached hydrogens (tertiary/aromatic N) is 1. The van der Waals surface area contributed by atoms with Crippen LogP contribution in [-0.4, -0.2) is 16.8 Å². The van der Waals surface area contributed by atoms with Crippen molar-refractivity contribution in [1.82, 2.24) is 4.90 Å². The SMILES string of the molecule is O=C(c1cccc2ccccc12)N(Cc1ccccc1F)C1CC1. The van der Waals surface area contributed by atoms with Crippen LogP contribution in [0.4, 0.5) is 4.39 Å². The molecule has 1 amide bonds. The van der Waals surface area contributed by atoms with Crippen LogP contribution < -0.4 is 0 Å². The molecule has 1 aliphatic rings. The van der Waals surface area contributed by atoms with E-state index in [1.54, 1.807) is 12.1 Å². The largest absolute Gasteiger partial charge is 0.331 e. The maximum Gasteiger partial charge on any atom is 0.255 e. The van der Waals surface area contributed by atoms with Crippen molar-refractivity contribution >= 4 is 16.7 Å². The summed E-state index contributed by atoms with van der Waals surface area (Å²) in [5, 5.41) is 1.99. The number of amides is 1. The van der Waals surface area contributed by atoms with Crippen molar-refractivity contribution in [3.8, 4) is 0 Å². The first-order chi connectivity index (χ1) is 11.7. The van der Waals surface area contributed by atoms with Crippen LogP contribution in [0, 0.1) is 5.82 Å². The molecule has 1 saturated carbocycles. The van der Waals surface area contributed by atoms with Crippen molar-refractivity contribution in [2.75, 3.05) is 0 Å². The van der Waals surface area contributed by atoms with Gasteiger partial charge in [0.05, 0.1) is 0 Å². The van der Waals surface area contributed by atoms with Gasteiger partial charge in [-0.15, -0.1) is 0 Å². The Morgan fingerprint density at radius 1 is 0.958 bits per heavy atom. The van der Waals surface area contributed by atoms with Gasteiger partial charge in [-0.25, -0.2) is 4.39 Å². The second-order valence-corrected chi connectivity index (χ2v) is 6.28. The van der Waals surface area contributed by atoms with E-state index in [4.69, 9.17) is 0 Å². The van der Waals surface area contributed by atoms with Crippen LogP contribution in [-0.2, 0) is 6.54 Å². The molecule has 24 heavy (non-hydrogen) atoms. The maximum atomic E-state index is 14.0. The molecule has 1 fully saturated rings. The third-order valence-electron chi connectivity index (χ3n) is 4.57. The number of rotatable bonds is 4. The van der Waals surface area contributed by atoms with Crippen LogP contribution in [0.15, 0.2) is 66.7 Å². The fourth-order valence-electron chi connectivity index (χ4n) is 3.13. The summed E-state index contributed by atoms with van der Waals surface area (Å²) < 4.78 is 14.0. The molecule has 0 aliphatic heterocycles. The van der Waals surface area contributed by atoms with Crippen molar-refractivity contribution in [2.24, 2.45) is 0 Å². The van der Waals surface area contributed by atoms with E-state index in [1.807, 2.05) is 53.4 Å². The lowest BCUT2D eigenvalue weighted by atomic mass is 10.0. The van der Waals surface area contributed by atoms with Gasteiger partial charge in [0.25, 0.3) is 5.91 Å². The molecule has 0 heterocycles. The lowest BCUT2D eigenvalue weighted by Crippen LogP contribution is -2.33. The van der Waals surface area contributed by atoms with E-state index in [-0.39, 0.29) is 17.8 Å². The predicted octanol–water partition coefficient (Wildman–Crippen LogP) is 4.78. The second kappa shape index (κ2) is 6.08. The molecule has 2 nitrogen and oxygen atoms in total. The summed E-state index contributed by atoms with van der Waals surface area (Å²) in [6, 6.07) is 20.6. The van der Waals surface area contributed by atoms with Gasteiger partial charge in [-0.2, -0.15) is 0 Å². The van der Waals surface area contributed by atoms with Gasteiger partial charge in [0, 0.05) is 23.7 Å². The lowest BCUT2D eigenvalue weighted by Gasteiger charge is -2.23. The number of carbonyl (C=O) groups is 1. The predicted molar refractivity (Wildman–Crippen MR) is 93.2 cm³/mol. The zero-order valence-corrected chi connectivity index (χ0v) is 13.3. The monoisotopic (exact) mass is 319 g/mol. The third kappa shape index (κ3) is 2.78. The molecule has 0 N–H and O–H groups in total. The number of fused-ring (bicyclic) bond motifs is 1. The quantitative estimate of drug-likeness (QED) is 0.677. The average Bonchev–Trinajstić information content (AvgIpc) is 3.45. The number of carbonyl (C=O) groups excluding carboxylic acids is 1.